The summed E-state index contributed by atoms with van der Waals surface area (Å²) in [6.07, 6.45) is 4.16. The van der Waals surface area contributed by atoms with Gasteiger partial charge in [-0.25, -0.2) is 0 Å². The summed E-state index contributed by atoms with van der Waals surface area (Å²) >= 11 is 2.23. The van der Waals surface area contributed by atoms with Gasteiger partial charge in [0, 0.05) is 0 Å². The van der Waals surface area contributed by atoms with E-state index in [0.717, 1.165) is 0 Å². The Hall–Kier alpha value is 1.39. The molecule has 0 spiro atoms. The van der Waals surface area contributed by atoms with Crippen LogP contribution in [0.25, 0.3) is 0 Å². The molecule has 76 valence electrons. The van der Waals surface area contributed by atoms with E-state index >= 15 is 0 Å². The van der Waals surface area contributed by atoms with Crippen molar-refractivity contribution in [1.29, 1.82) is 0 Å². The average molecular weight is 317 g/mol. The van der Waals surface area contributed by atoms with Crippen molar-refractivity contribution in [2.24, 2.45) is 0 Å². The fourth-order valence-electron chi connectivity index (χ4n) is 1.86. The van der Waals surface area contributed by atoms with E-state index in [-0.39, 0.29) is 0 Å². The first-order chi connectivity index (χ1) is 5.74. The fraction of sp³-hybridized carbons (Fsp3) is 1.00. The standard InChI is InChI=1S/C9H22AsBrS/c1-4-7-10(12-11,8-5-2)9-6-3/h10H,4-9H2,1-3H3. The number of rotatable bonds is 7. The van der Waals surface area contributed by atoms with Crippen molar-refractivity contribution in [3.63, 3.8) is 0 Å². The van der Waals surface area contributed by atoms with E-state index in [0.29, 0.717) is 0 Å². The van der Waals surface area contributed by atoms with Crippen LogP contribution in [-0.4, -0.2) is 12.4 Å². The van der Waals surface area contributed by atoms with Crippen LogP contribution in [0.15, 0.2) is 0 Å². The molecule has 3 heteroatoms. The Bertz CT molecular complexity index is 91.7. The molecule has 0 aromatic rings. The van der Waals surface area contributed by atoms with Gasteiger partial charge < -0.3 is 0 Å². The van der Waals surface area contributed by atoms with Crippen LogP contribution in [0.4, 0.5) is 0 Å². The first-order valence-corrected chi connectivity index (χ1v) is 14.7. The SMILES string of the molecule is CCC[AsH](CCC)(CCC)SBr. The molecule has 0 aliphatic rings. The summed E-state index contributed by atoms with van der Waals surface area (Å²) in [5.74, 6) is 0. The van der Waals surface area contributed by atoms with E-state index in [1.54, 1.807) is 0 Å². The summed E-state index contributed by atoms with van der Waals surface area (Å²) in [5, 5.41) is 4.62. The summed E-state index contributed by atoms with van der Waals surface area (Å²) in [6, 6.07) is 0. The Kier molecular flexibility index (Phi) is 8.66. The van der Waals surface area contributed by atoms with Gasteiger partial charge in [0.05, 0.1) is 0 Å². The van der Waals surface area contributed by atoms with Gasteiger partial charge in [-0.15, -0.1) is 0 Å². The summed E-state index contributed by atoms with van der Waals surface area (Å²) in [6.45, 7) is 6.98. The second kappa shape index (κ2) is 7.76. The third-order valence-electron chi connectivity index (χ3n) is 2.28. The minimum atomic E-state index is -1.45. The Balaban J connectivity index is 4.06. The van der Waals surface area contributed by atoms with E-state index in [1.807, 2.05) is 0 Å². The molecule has 0 amide bonds. The summed E-state index contributed by atoms with van der Waals surface area (Å²) in [7, 11) is 2.09. The number of hydrogen-bond acceptors (Lipinski definition) is 1. The van der Waals surface area contributed by atoms with Crippen LogP contribution in [-0.2, 0) is 0 Å². The minimum absolute atomic E-state index is 1.39. The molecule has 0 saturated heterocycles. The summed E-state index contributed by atoms with van der Waals surface area (Å²) in [4.78, 5) is 0. The van der Waals surface area contributed by atoms with E-state index < -0.39 is 12.4 Å². The molecular formula is C9H22AsBrS. The van der Waals surface area contributed by atoms with Crippen LogP contribution in [0.1, 0.15) is 40.0 Å². The van der Waals surface area contributed by atoms with Gasteiger partial charge in [0.15, 0.2) is 0 Å². The molecule has 0 heterocycles. The molecule has 12 heavy (non-hydrogen) atoms. The van der Waals surface area contributed by atoms with Crippen molar-refractivity contribution >= 4 is 35.7 Å². The number of hydrogen-bond donors (Lipinski definition) is 0. The predicted octanol–water partition coefficient (Wildman–Crippen LogP) is 4.94. The second-order valence-electron chi connectivity index (χ2n) is 3.51. The predicted molar refractivity (Wildman–Crippen MR) is 69.0 cm³/mol. The van der Waals surface area contributed by atoms with Crippen molar-refractivity contribution < 1.29 is 0 Å². The van der Waals surface area contributed by atoms with Crippen LogP contribution in [0.5, 0.6) is 0 Å². The molecular weight excluding hydrogens is 295 g/mol. The Morgan fingerprint density at radius 2 is 1.25 bits per heavy atom. The van der Waals surface area contributed by atoms with Gasteiger partial charge in [-0.2, -0.15) is 0 Å². The normalized spacial score (nSPS) is 13.3. The zero-order valence-electron chi connectivity index (χ0n) is 8.53. The molecule has 0 N–H and O–H groups in total. The molecule has 0 fully saturated rings. The molecule has 0 aliphatic carbocycles. The molecule has 0 rings (SSSR count). The van der Waals surface area contributed by atoms with Gasteiger partial charge in [0.1, 0.15) is 0 Å². The van der Waals surface area contributed by atoms with Crippen molar-refractivity contribution in [2.75, 3.05) is 0 Å². The third kappa shape index (κ3) is 4.58. The zero-order valence-corrected chi connectivity index (χ0v) is 13.0. The molecule has 0 nitrogen and oxygen atoms in total. The first kappa shape index (κ1) is 13.4. The molecule has 0 bridgehead atoms. The van der Waals surface area contributed by atoms with Gasteiger partial charge >= 0.3 is 91.3 Å². The van der Waals surface area contributed by atoms with Crippen LogP contribution >= 0.6 is 23.3 Å². The van der Waals surface area contributed by atoms with E-state index in [4.69, 9.17) is 0 Å². The maximum atomic E-state index is 3.68. The van der Waals surface area contributed by atoms with E-state index in [2.05, 4.69) is 44.0 Å². The topological polar surface area (TPSA) is 0 Å². The Labute approximate surface area is 90.9 Å². The molecule has 0 aliphatic heterocycles. The fourth-order valence-corrected chi connectivity index (χ4v) is 21.6. The molecule has 0 aromatic heterocycles. The van der Waals surface area contributed by atoms with Crippen LogP contribution in [0, 0.1) is 0 Å². The first-order valence-electron chi connectivity index (χ1n) is 5.04. The van der Waals surface area contributed by atoms with Crippen LogP contribution < -0.4 is 0 Å². The van der Waals surface area contributed by atoms with Crippen LogP contribution in [0.2, 0.25) is 15.6 Å². The molecule has 0 atom stereocenters. The van der Waals surface area contributed by atoms with Crippen molar-refractivity contribution in [2.45, 2.75) is 55.7 Å². The zero-order chi connectivity index (χ0) is 9.45. The van der Waals surface area contributed by atoms with Gasteiger partial charge in [0.25, 0.3) is 0 Å². The Morgan fingerprint density at radius 3 is 1.42 bits per heavy atom. The van der Waals surface area contributed by atoms with Gasteiger partial charge in [-0.05, 0) is 0 Å². The summed E-state index contributed by atoms with van der Waals surface area (Å²) in [5.41, 5.74) is 0. The van der Waals surface area contributed by atoms with E-state index in [9.17, 15) is 0 Å². The second-order valence-corrected chi connectivity index (χ2v) is 22.3. The molecule has 0 unspecified atom stereocenters. The molecule has 0 radical (unpaired) electrons. The van der Waals surface area contributed by atoms with E-state index in [1.165, 1.54) is 34.9 Å². The van der Waals surface area contributed by atoms with Gasteiger partial charge in [-0.1, -0.05) is 0 Å². The number of halogens is 1. The quantitative estimate of drug-likeness (QED) is 0.600. The van der Waals surface area contributed by atoms with Gasteiger partial charge in [-0.3, -0.25) is 0 Å². The van der Waals surface area contributed by atoms with Crippen LogP contribution in [0.3, 0.4) is 0 Å². The van der Waals surface area contributed by atoms with Gasteiger partial charge in [0.2, 0.25) is 0 Å². The Morgan fingerprint density at radius 1 is 0.917 bits per heavy atom. The molecule has 0 aromatic carbocycles. The molecule has 0 saturated carbocycles. The van der Waals surface area contributed by atoms with Crippen molar-refractivity contribution in [1.82, 2.24) is 0 Å². The average Bonchev–Trinajstić information content (AvgIpc) is 2.06. The summed E-state index contributed by atoms with van der Waals surface area (Å²) < 4.78 is 0. The van der Waals surface area contributed by atoms with Crippen molar-refractivity contribution in [3.05, 3.63) is 0 Å². The maximum absolute atomic E-state index is 3.68. The third-order valence-corrected chi connectivity index (χ3v) is 27.4. The monoisotopic (exact) mass is 316 g/mol. The van der Waals surface area contributed by atoms with Crippen molar-refractivity contribution in [3.8, 4) is 0 Å².